The molecule has 1 saturated heterocycles. The van der Waals surface area contributed by atoms with Crippen LogP contribution in [0.15, 0.2) is 11.2 Å². The van der Waals surface area contributed by atoms with Gasteiger partial charge < -0.3 is 10.5 Å². The molecule has 1 aromatic heterocycles. The van der Waals surface area contributed by atoms with Crippen LogP contribution in [0.1, 0.15) is 13.3 Å². The van der Waals surface area contributed by atoms with Crippen LogP contribution in [0.25, 0.3) is 0 Å². The molecule has 2 rings (SSSR count). The largest absolute Gasteiger partial charge is 0.377 e. The smallest absolute Gasteiger partial charge is 0.319 e. The number of nitrogens with two attached hydrogens (primary N) is 1. The SMILES string of the molecule is CC1OCCC1Sc1nc(N)ncc1[N+](=O)[O-]. The summed E-state index contributed by atoms with van der Waals surface area (Å²) in [5.41, 5.74) is 5.34. The molecular formula is C9H12N4O3S. The van der Waals surface area contributed by atoms with E-state index in [-0.39, 0.29) is 23.0 Å². The molecule has 1 fully saturated rings. The van der Waals surface area contributed by atoms with Crippen LogP contribution in [-0.4, -0.2) is 32.9 Å². The Morgan fingerprint density at radius 2 is 2.47 bits per heavy atom. The van der Waals surface area contributed by atoms with Gasteiger partial charge in [-0.1, -0.05) is 11.8 Å². The molecule has 2 N–H and O–H groups in total. The minimum absolute atomic E-state index is 0.0460. The summed E-state index contributed by atoms with van der Waals surface area (Å²) >= 11 is 1.33. The third kappa shape index (κ3) is 2.64. The zero-order valence-electron chi connectivity index (χ0n) is 9.20. The van der Waals surface area contributed by atoms with Gasteiger partial charge >= 0.3 is 5.69 Å². The lowest BCUT2D eigenvalue weighted by Gasteiger charge is -2.12. The first-order valence-electron chi connectivity index (χ1n) is 5.13. The van der Waals surface area contributed by atoms with E-state index in [9.17, 15) is 10.1 Å². The van der Waals surface area contributed by atoms with Gasteiger partial charge in [-0.25, -0.2) is 4.98 Å². The number of ether oxygens (including phenoxy) is 1. The van der Waals surface area contributed by atoms with Crippen LogP contribution in [0.2, 0.25) is 0 Å². The van der Waals surface area contributed by atoms with Crippen molar-refractivity contribution in [3.8, 4) is 0 Å². The molecule has 1 aliphatic heterocycles. The van der Waals surface area contributed by atoms with Gasteiger partial charge in [0.05, 0.1) is 11.0 Å². The Morgan fingerprint density at radius 1 is 1.71 bits per heavy atom. The summed E-state index contributed by atoms with van der Waals surface area (Å²) in [5, 5.41) is 11.3. The number of nitro groups is 1. The van der Waals surface area contributed by atoms with Crippen LogP contribution in [-0.2, 0) is 4.74 Å². The van der Waals surface area contributed by atoms with Gasteiger partial charge in [0.15, 0.2) is 5.03 Å². The molecule has 0 amide bonds. The van der Waals surface area contributed by atoms with Crippen molar-refractivity contribution in [1.29, 1.82) is 0 Å². The molecule has 0 aliphatic carbocycles. The van der Waals surface area contributed by atoms with E-state index in [1.807, 2.05) is 6.92 Å². The van der Waals surface area contributed by atoms with Gasteiger partial charge in [-0.15, -0.1) is 0 Å². The fourth-order valence-electron chi connectivity index (χ4n) is 1.59. The molecule has 0 bridgehead atoms. The number of aromatic nitrogens is 2. The minimum atomic E-state index is -0.498. The van der Waals surface area contributed by atoms with Crippen LogP contribution in [0, 0.1) is 10.1 Å². The maximum atomic E-state index is 10.8. The third-order valence-corrected chi connectivity index (χ3v) is 3.97. The zero-order valence-corrected chi connectivity index (χ0v) is 10.0. The third-order valence-electron chi connectivity index (χ3n) is 2.52. The number of nitrogen functional groups attached to an aromatic ring is 1. The first-order chi connectivity index (χ1) is 8.08. The molecule has 0 saturated carbocycles. The van der Waals surface area contributed by atoms with Gasteiger partial charge in [0.1, 0.15) is 6.20 Å². The topological polar surface area (TPSA) is 104 Å². The fourth-order valence-corrected chi connectivity index (χ4v) is 2.76. The number of hydrogen-bond acceptors (Lipinski definition) is 7. The number of nitrogens with zero attached hydrogens (tertiary/aromatic N) is 3. The van der Waals surface area contributed by atoms with Crippen LogP contribution in [0.3, 0.4) is 0 Å². The van der Waals surface area contributed by atoms with E-state index in [0.29, 0.717) is 11.6 Å². The predicted molar refractivity (Wildman–Crippen MR) is 62.8 cm³/mol. The zero-order chi connectivity index (χ0) is 12.4. The van der Waals surface area contributed by atoms with Gasteiger partial charge in [-0.05, 0) is 13.3 Å². The second kappa shape index (κ2) is 4.84. The lowest BCUT2D eigenvalue weighted by molar-refractivity contribution is -0.388. The standard InChI is InChI=1S/C9H12N4O3S/c1-5-7(2-3-16-5)17-8-6(13(14)15)4-11-9(10)12-8/h4-5,7H,2-3H2,1H3,(H2,10,11,12). The highest BCUT2D eigenvalue weighted by Crippen LogP contribution is 2.35. The van der Waals surface area contributed by atoms with Gasteiger partial charge in [-0.3, -0.25) is 10.1 Å². The van der Waals surface area contributed by atoms with E-state index in [4.69, 9.17) is 10.5 Å². The molecule has 7 nitrogen and oxygen atoms in total. The van der Waals surface area contributed by atoms with E-state index >= 15 is 0 Å². The van der Waals surface area contributed by atoms with Crippen molar-refractivity contribution < 1.29 is 9.66 Å². The first kappa shape index (κ1) is 12.1. The normalized spacial score (nSPS) is 23.8. The molecule has 2 unspecified atom stereocenters. The summed E-state index contributed by atoms with van der Waals surface area (Å²) in [5.74, 6) is 0.0460. The number of thioether (sulfide) groups is 1. The van der Waals surface area contributed by atoms with E-state index in [2.05, 4.69) is 9.97 Å². The van der Waals surface area contributed by atoms with Crippen LogP contribution in [0.4, 0.5) is 11.6 Å². The maximum absolute atomic E-state index is 10.8. The summed E-state index contributed by atoms with van der Waals surface area (Å²) in [6.07, 6.45) is 2.06. The highest BCUT2D eigenvalue weighted by molar-refractivity contribution is 8.00. The Balaban J connectivity index is 2.24. The Hall–Kier alpha value is -1.41. The van der Waals surface area contributed by atoms with E-state index < -0.39 is 4.92 Å². The van der Waals surface area contributed by atoms with Crippen molar-refractivity contribution in [2.45, 2.75) is 29.7 Å². The van der Waals surface area contributed by atoms with E-state index in [1.165, 1.54) is 11.8 Å². The summed E-state index contributed by atoms with van der Waals surface area (Å²) < 4.78 is 5.40. The highest BCUT2D eigenvalue weighted by atomic mass is 32.2. The molecule has 2 heterocycles. The molecule has 0 spiro atoms. The van der Waals surface area contributed by atoms with Gasteiger partial charge in [0.25, 0.3) is 0 Å². The van der Waals surface area contributed by atoms with Crippen molar-refractivity contribution in [2.75, 3.05) is 12.3 Å². The summed E-state index contributed by atoms with van der Waals surface area (Å²) in [6, 6.07) is 0. The summed E-state index contributed by atoms with van der Waals surface area (Å²) in [7, 11) is 0. The van der Waals surface area contributed by atoms with Crippen molar-refractivity contribution >= 4 is 23.4 Å². The van der Waals surface area contributed by atoms with E-state index in [0.717, 1.165) is 12.6 Å². The van der Waals surface area contributed by atoms with Crippen LogP contribution >= 0.6 is 11.8 Å². The van der Waals surface area contributed by atoms with Crippen LogP contribution in [0.5, 0.6) is 0 Å². The van der Waals surface area contributed by atoms with Crippen molar-refractivity contribution in [3.05, 3.63) is 16.3 Å². The fraction of sp³-hybridized carbons (Fsp3) is 0.556. The summed E-state index contributed by atoms with van der Waals surface area (Å²) in [6.45, 7) is 2.62. The van der Waals surface area contributed by atoms with Crippen molar-refractivity contribution in [1.82, 2.24) is 9.97 Å². The number of hydrogen-bond donors (Lipinski definition) is 1. The predicted octanol–water partition coefficient (Wildman–Crippen LogP) is 1.24. The Bertz CT molecular complexity index is 442. The quantitative estimate of drug-likeness (QED) is 0.492. The van der Waals surface area contributed by atoms with Crippen molar-refractivity contribution in [3.63, 3.8) is 0 Å². The average molecular weight is 256 g/mol. The first-order valence-corrected chi connectivity index (χ1v) is 6.01. The lowest BCUT2D eigenvalue weighted by Crippen LogP contribution is -2.14. The van der Waals surface area contributed by atoms with Crippen molar-refractivity contribution in [2.24, 2.45) is 0 Å². The number of rotatable bonds is 3. The molecule has 17 heavy (non-hydrogen) atoms. The molecule has 0 aromatic carbocycles. The molecule has 2 atom stereocenters. The molecule has 0 radical (unpaired) electrons. The monoisotopic (exact) mass is 256 g/mol. The van der Waals surface area contributed by atoms with E-state index in [1.54, 1.807) is 0 Å². The minimum Gasteiger partial charge on any atom is -0.377 e. The molecule has 1 aromatic rings. The second-order valence-electron chi connectivity index (χ2n) is 3.70. The molecule has 92 valence electrons. The maximum Gasteiger partial charge on any atom is 0.319 e. The molecule has 8 heteroatoms. The van der Waals surface area contributed by atoms with Gasteiger partial charge in [0.2, 0.25) is 5.95 Å². The average Bonchev–Trinajstić information content (AvgIpc) is 2.64. The van der Waals surface area contributed by atoms with Crippen LogP contribution < -0.4 is 5.73 Å². The summed E-state index contributed by atoms with van der Waals surface area (Å²) in [4.78, 5) is 17.9. The number of anilines is 1. The Labute approximate surface area is 102 Å². The van der Waals surface area contributed by atoms with Gasteiger partial charge in [-0.2, -0.15) is 4.98 Å². The Kier molecular flexibility index (Phi) is 3.43. The second-order valence-corrected chi connectivity index (χ2v) is 4.92. The van der Waals surface area contributed by atoms with Gasteiger partial charge in [0, 0.05) is 11.9 Å². The molecular weight excluding hydrogens is 244 g/mol. The Morgan fingerprint density at radius 3 is 3.06 bits per heavy atom. The lowest BCUT2D eigenvalue weighted by atomic mass is 10.3. The molecule has 1 aliphatic rings. The highest BCUT2D eigenvalue weighted by Gasteiger charge is 2.29.